The highest BCUT2D eigenvalue weighted by Gasteiger charge is 2.15. The van der Waals surface area contributed by atoms with Gasteiger partial charge in [-0.05, 0) is 79.9 Å². The van der Waals surface area contributed by atoms with Gasteiger partial charge in [-0.15, -0.1) is 0 Å². The highest BCUT2D eigenvalue weighted by molar-refractivity contribution is 6.02. The Balaban J connectivity index is 1.44. The van der Waals surface area contributed by atoms with Crippen LogP contribution in [0.15, 0.2) is 66.7 Å². The van der Waals surface area contributed by atoms with Crippen molar-refractivity contribution in [1.82, 2.24) is 9.78 Å². The lowest BCUT2D eigenvalue weighted by Gasteiger charge is -2.12. The van der Waals surface area contributed by atoms with Crippen LogP contribution < -0.4 is 24.3 Å². The van der Waals surface area contributed by atoms with Gasteiger partial charge in [-0.2, -0.15) is 5.10 Å². The summed E-state index contributed by atoms with van der Waals surface area (Å²) in [5, 5.41) is 7.62. The molecule has 8 nitrogen and oxygen atoms in total. The van der Waals surface area contributed by atoms with Crippen molar-refractivity contribution < 1.29 is 23.7 Å². The molecule has 0 atom stereocenters. The molecule has 1 aromatic heterocycles. The van der Waals surface area contributed by atoms with Crippen molar-refractivity contribution in [2.75, 3.05) is 26.6 Å². The molecule has 1 amide bonds. The third-order valence-electron chi connectivity index (χ3n) is 6.53. The summed E-state index contributed by atoms with van der Waals surface area (Å²) in [6, 6.07) is 19.4. The van der Waals surface area contributed by atoms with Crippen molar-refractivity contribution >= 4 is 17.7 Å². The molecule has 0 aliphatic carbocycles. The number of amides is 1. The fourth-order valence-corrected chi connectivity index (χ4v) is 4.40. The molecule has 8 heteroatoms. The smallest absolute Gasteiger partial charge is 0.248 e. The Morgan fingerprint density at radius 3 is 2.38 bits per heavy atom. The van der Waals surface area contributed by atoms with E-state index in [0.29, 0.717) is 30.3 Å². The first-order valence-electron chi connectivity index (χ1n) is 12.9. The van der Waals surface area contributed by atoms with Crippen LogP contribution in [0.1, 0.15) is 33.6 Å². The number of carbonyl (C=O) groups excluding carboxylic acids is 1. The maximum atomic E-state index is 12.8. The van der Waals surface area contributed by atoms with E-state index in [1.807, 2.05) is 86.1 Å². The first-order chi connectivity index (χ1) is 19.3. The van der Waals surface area contributed by atoms with Gasteiger partial charge in [-0.1, -0.05) is 24.3 Å². The average molecular weight is 542 g/mol. The lowest BCUT2D eigenvalue weighted by molar-refractivity contribution is -0.111. The van der Waals surface area contributed by atoms with E-state index in [2.05, 4.69) is 10.4 Å². The van der Waals surface area contributed by atoms with Crippen molar-refractivity contribution in [2.45, 2.75) is 33.9 Å². The minimum Gasteiger partial charge on any atom is -0.496 e. The molecule has 208 valence electrons. The SMILES string of the molecule is COc1ccc(/C=C/C(=O)Nc2c(C)nn(Cc3ccc(OC)c(OC)c3)c2C)cc1COc1cccc(C)c1. The fraction of sp³-hybridized carbons (Fsp3) is 0.250. The number of rotatable bonds is 11. The van der Waals surface area contributed by atoms with E-state index in [0.717, 1.165) is 45.1 Å². The van der Waals surface area contributed by atoms with Gasteiger partial charge in [-0.3, -0.25) is 9.48 Å². The van der Waals surface area contributed by atoms with Crippen LogP contribution in [0.4, 0.5) is 5.69 Å². The molecule has 0 spiro atoms. The number of nitrogens with one attached hydrogen (secondary N) is 1. The van der Waals surface area contributed by atoms with E-state index in [1.54, 1.807) is 27.4 Å². The predicted octanol–water partition coefficient (Wildman–Crippen LogP) is 6.11. The normalized spacial score (nSPS) is 10.9. The molecule has 1 heterocycles. The van der Waals surface area contributed by atoms with Crippen molar-refractivity contribution in [3.8, 4) is 23.0 Å². The fourth-order valence-electron chi connectivity index (χ4n) is 4.40. The zero-order valence-electron chi connectivity index (χ0n) is 23.8. The molecule has 4 aromatic rings. The van der Waals surface area contributed by atoms with Gasteiger partial charge < -0.3 is 24.3 Å². The average Bonchev–Trinajstić information content (AvgIpc) is 3.22. The summed E-state index contributed by atoms with van der Waals surface area (Å²) in [7, 11) is 4.85. The van der Waals surface area contributed by atoms with E-state index >= 15 is 0 Å². The molecular formula is C32H35N3O5. The van der Waals surface area contributed by atoms with Gasteiger partial charge in [-0.25, -0.2) is 0 Å². The second-order valence-electron chi connectivity index (χ2n) is 9.39. The van der Waals surface area contributed by atoms with Gasteiger partial charge in [0.2, 0.25) is 5.91 Å². The van der Waals surface area contributed by atoms with Gasteiger partial charge >= 0.3 is 0 Å². The Morgan fingerprint density at radius 1 is 0.900 bits per heavy atom. The van der Waals surface area contributed by atoms with Crippen LogP contribution in [0.25, 0.3) is 6.08 Å². The largest absolute Gasteiger partial charge is 0.496 e. The number of ether oxygens (including phenoxy) is 4. The van der Waals surface area contributed by atoms with Crippen LogP contribution in [-0.2, 0) is 17.9 Å². The Morgan fingerprint density at radius 2 is 1.65 bits per heavy atom. The van der Waals surface area contributed by atoms with Crippen molar-refractivity contribution in [1.29, 1.82) is 0 Å². The summed E-state index contributed by atoms with van der Waals surface area (Å²) in [4.78, 5) is 12.8. The standard InChI is InChI=1S/C32H35N3O5/c1-21-8-7-9-27(16-21)40-20-26-17-24(10-13-28(26)37-4)12-15-31(36)33-32-22(2)34-35(23(32)3)19-25-11-14-29(38-5)30(18-25)39-6/h7-18H,19-20H2,1-6H3,(H,33,36)/b15-12+. The number of methoxy groups -OCH3 is 3. The molecule has 0 fully saturated rings. The molecule has 0 aliphatic rings. The van der Waals surface area contributed by atoms with E-state index in [1.165, 1.54) is 6.08 Å². The molecular weight excluding hydrogens is 506 g/mol. The molecule has 40 heavy (non-hydrogen) atoms. The van der Waals surface area contributed by atoms with Gasteiger partial charge in [0.05, 0.1) is 44.9 Å². The van der Waals surface area contributed by atoms with E-state index < -0.39 is 0 Å². The molecule has 1 N–H and O–H groups in total. The van der Waals surface area contributed by atoms with E-state index in [9.17, 15) is 4.79 Å². The molecule has 0 aliphatic heterocycles. The van der Waals surface area contributed by atoms with Gasteiger partial charge in [0.25, 0.3) is 0 Å². The minimum absolute atomic E-state index is 0.245. The van der Waals surface area contributed by atoms with Crippen LogP contribution >= 0.6 is 0 Å². The van der Waals surface area contributed by atoms with Crippen LogP contribution in [0.5, 0.6) is 23.0 Å². The highest BCUT2D eigenvalue weighted by Crippen LogP contribution is 2.29. The van der Waals surface area contributed by atoms with Crippen LogP contribution in [0, 0.1) is 20.8 Å². The monoisotopic (exact) mass is 541 g/mol. The molecule has 3 aromatic carbocycles. The number of anilines is 1. The zero-order valence-corrected chi connectivity index (χ0v) is 23.8. The first kappa shape index (κ1) is 28.3. The number of hydrogen-bond acceptors (Lipinski definition) is 6. The number of aryl methyl sites for hydroxylation is 2. The van der Waals surface area contributed by atoms with Gasteiger partial charge in [0.1, 0.15) is 18.1 Å². The maximum Gasteiger partial charge on any atom is 0.248 e. The van der Waals surface area contributed by atoms with Crippen molar-refractivity contribution in [3.05, 3.63) is 100 Å². The van der Waals surface area contributed by atoms with E-state index in [4.69, 9.17) is 18.9 Å². The third kappa shape index (κ3) is 6.83. The third-order valence-corrected chi connectivity index (χ3v) is 6.53. The first-order valence-corrected chi connectivity index (χ1v) is 12.9. The molecule has 0 saturated carbocycles. The highest BCUT2D eigenvalue weighted by atomic mass is 16.5. The van der Waals surface area contributed by atoms with Crippen LogP contribution in [-0.4, -0.2) is 37.0 Å². The summed E-state index contributed by atoms with van der Waals surface area (Å²) in [5.74, 6) is 2.60. The Hall–Kier alpha value is -4.72. The molecule has 4 rings (SSSR count). The van der Waals surface area contributed by atoms with E-state index in [-0.39, 0.29) is 5.91 Å². The van der Waals surface area contributed by atoms with Gasteiger partial charge in [0, 0.05) is 11.6 Å². The van der Waals surface area contributed by atoms with Crippen molar-refractivity contribution in [3.63, 3.8) is 0 Å². The topological polar surface area (TPSA) is 83.8 Å². The molecule has 0 radical (unpaired) electrons. The lowest BCUT2D eigenvalue weighted by atomic mass is 10.1. The van der Waals surface area contributed by atoms with Crippen molar-refractivity contribution in [2.24, 2.45) is 0 Å². The lowest BCUT2D eigenvalue weighted by Crippen LogP contribution is -2.10. The number of hydrogen-bond donors (Lipinski definition) is 1. The Labute approximate surface area is 235 Å². The minimum atomic E-state index is -0.245. The summed E-state index contributed by atoms with van der Waals surface area (Å²) < 4.78 is 24.1. The number of nitrogens with zero attached hydrogens (tertiary/aromatic N) is 2. The summed E-state index contributed by atoms with van der Waals surface area (Å²) in [6.07, 6.45) is 3.28. The molecule has 0 saturated heterocycles. The van der Waals surface area contributed by atoms with Crippen LogP contribution in [0.2, 0.25) is 0 Å². The summed E-state index contributed by atoms with van der Waals surface area (Å²) in [6.45, 7) is 6.71. The molecule has 0 unspecified atom stereocenters. The second-order valence-corrected chi connectivity index (χ2v) is 9.39. The second kappa shape index (κ2) is 12.9. The predicted molar refractivity (Wildman–Crippen MR) is 157 cm³/mol. The number of aromatic nitrogens is 2. The number of carbonyl (C=O) groups is 1. The summed E-state index contributed by atoms with van der Waals surface area (Å²) >= 11 is 0. The Kier molecular flexibility index (Phi) is 9.11. The maximum absolute atomic E-state index is 12.8. The quantitative estimate of drug-likeness (QED) is 0.231. The van der Waals surface area contributed by atoms with Gasteiger partial charge in [0.15, 0.2) is 11.5 Å². The zero-order chi connectivity index (χ0) is 28.6. The number of benzene rings is 3. The Bertz CT molecular complexity index is 1520. The summed E-state index contributed by atoms with van der Waals surface area (Å²) in [5.41, 5.74) is 6.16. The van der Waals surface area contributed by atoms with Crippen LogP contribution in [0.3, 0.4) is 0 Å². The molecule has 0 bridgehead atoms.